The second-order valence-corrected chi connectivity index (χ2v) is 4.92. The summed E-state index contributed by atoms with van der Waals surface area (Å²) >= 11 is 0. The second kappa shape index (κ2) is 7.36. The third kappa shape index (κ3) is 3.98. The van der Waals surface area contributed by atoms with E-state index in [9.17, 15) is 9.59 Å². The number of rotatable bonds is 7. The fourth-order valence-corrected chi connectivity index (χ4v) is 2.17. The van der Waals surface area contributed by atoms with Gasteiger partial charge in [0.15, 0.2) is 0 Å². The summed E-state index contributed by atoms with van der Waals surface area (Å²) in [7, 11) is 1.68. The van der Waals surface area contributed by atoms with Gasteiger partial charge < -0.3 is 15.1 Å². The van der Waals surface area contributed by atoms with Gasteiger partial charge in [0.25, 0.3) is 0 Å². The lowest BCUT2D eigenvalue weighted by Crippen LogP contribution is -2.55. The predicted molar refractivity (Wildman–Crippen MR) is 71.2 cm³/mol. The number of nitrogens with zero attached hydrogens (tertiary/aromatic N) is 2. The SMILES string of the molecule is CCCNC(CCC)CN1CCN(C)C(=O)C1=O. The van der Waals surface area contributed by atoms with E-state index >= 15 is 0 Å². The third-order valence-electron chi connectivity index (χ3n) is 3.28. The molecule has 0 aromatic rings. The van der Waals surface area contributed by atoms with Crippen molar-refractivity contribution in [1.82, 2.24) is 15.1 Å². The van der Waals surface area contributed by atoms with E-state index in [0.717, 1.165) is 25.8 Å². The molecule has 0 radical (unpaired) electrons. The Morgan fingerprint density at radius 1 is 1.17 bits per heavy atom. The fourth-order valence-electron chi connectivity index (χ4n) is 2.17. The lowest BCUT2D eigenvalue weighted by atomic mass is 10.1. The molecule has 2 amide bonds. The molecule has 0 aliphatic carbocycles. The molecule has 0 spiro atoms. The number of piperazine rings is 1. The van der Waals surface area contributed by atoms with E-state index in [1.54, 1.807) is 11.9 Å². The third-order valence-corrected chi connectivity index (χ3v) is 3.28. The molecule has 0 saturated carbocycles. The average molecular weight is 255 g/mol. The largest absolute Gasteiger partial charge is 0.336 e. The monoisotopic (exact) mass is 255 g/mol. The van der Waals surface area contributed by atoms with Gasteiger partial charge in [-0.05, 0) is 19.4 Å². The average Bonchev–Trinajstić information content (AvgIpc) is 2.36. The van der Waals surface area contributed by atoms with Crippen LogP contribution in [0.4, 0.5) is 0 Å². The highest BCUT2D eigenvalue weighted by molar-refractivity contribution is 6.35. The van der Waals surface area contributed by atoms with Crippen LogP contribution in [0.3, 0.4) is 0 Å². The van der Waals surface area contributed by atoms with Crippen molar-refractivity contribution in [2.45, 2.75) is 39.2 Å². The highest BCUT2D eigenvalue weighted by Gasteiger charge is 2.31. The molecule has 18 heavy (non-hydrogen) atoms. The van der Waals surface area contributed by atoms with Crippen molar-refractivity contribution in [3.63, 3.8) is 0 Å². The maximum Gasteiger partial charge on any atom is 0.312 e. The molecule has 1 fully saturated rings. The lowest BCUT2D eigenvalue weighted by Gasteiger charge is -2.34. The zero-order valence-electron chi connectivity index (χ0n) is 11.7. The Balaban J connectivity index is 2.52. The molecular formula is C13H25N3O2. The summed E-state index contributed by atoms with van der Waals surface area (Å²) in [6, 6.07) is 0.301. The van der Waals surface area contributed by atoms with Crippen LogP contribution in [0, 0.1) is 0 Å². The van der Waals surface area contributed by atoms with Crippen molar-refractivity contribution in [3.05, 3.63) is 0 Å². The predicted octanol–water partition coefficient (Wildman–Crippen LogP) is 0.455. The van der Waals surface area contributed by atoms with Crippen molar-refractivity contribution in [2.24, 2.45) is 0 Å². The van der Waals surface area contributed by atoms with Crippen molar-refractivity contribution in [1.29, 1.82) is 0 Å². The van der Waals surface area contributed by atoms with Gasteiger partial charge in [-0.25, -0.2) is 0 Å². The van der Waals surface area contributed by atoms with Crippen LogP contribution in [0.5, 0.6) is 0 Å². The second-order valence-electron chi connectivity index (χ2n) is 4.92. The van der Waals surface area contributed by atoms with Crippen LogP contribution in [0.2, 0.25) is 0 Å². The minimum atomic E-state index is -0.382. The molecule has 1 N–H and O–H groups in total. The summed E-state index contributed by atoms with van der Waals surface area (Å²) in [5, 5.41) is 3.45. The number of amides is 2. The summed E-state index contributed by atoms with van der Waals surface area (Å²) in [5.41, 5.74) is 0. The number of carbonyl (C=O) groups excluding carboxylic acids is 2. The van der Waals surface area contributed by atoms with E-state index in [-0.39, 0.29) is 11.8 Å². The van der Waals surface area contributed by atoms with E-state index in [0.29, 0.717) is 25.7 Å². The number of hydrogen-bond donors (Lipinski definition) is 1. The topological polar surface area (TPSA) is 52.6 Å². The zero-order valence-corrected chi connectivity index (χ0v) is 11.7. The van der Waals surface area contributed by atoms with E-state index < -0.39 is 0 Å². The van der Waals surface area contributed by atoms with Gasteiger partial charge in [-0.3, -0.25) is 9.59 Å². The van der Waals surface area contributed by atoms with Crippen LogP contribution in [0.25, 0.3) is 0 Å². The fraction of sp³-hybridized carbons (Fsp3) is 0.846. The minimum absolute atomic E-state index is 0.301. The van der Waals surface area contributed by atoms with E-state index in [1.165, 1.54) is 4.90 Å². The summed E-state index contributed by atoms with van der Waals surface area (Å²) in [6.45, 7) is 7.15. The molecule has 1 atom stereocenters. The van der Waals surface area contributed by atoms with Crippen molar-refractivity contribution < 1.29 is 9.59 Å². The van der Waals surface area contributed by atoms with Gasteiger partial charge in [-0.2, -0.15) is 0 Å². The van der Waals surface area contributed by atoms with Gasteiger partial charge in [-0.15, -0.1) is 0 Å². The molecule has 0 aromatic carbocycles. The number of hydrogen-bond acceptors (Lipinski definition) is 3. The number of likely N-dealkylation sites (N-methyl/N-ethyl adjacent to an activating group) is 1. The van der Waals surface area contributed by atoms with Gasteiger partial charge >= 0.3 is 11.8 Å². The minimum Gasteiger partial charge on any atom is -0.336 e. The van der Waals surface area contributed by atoms with Crippen LogP contribution in [-0.2, 0) is 9.59 Å². The maximum absolute atomic E-state index is 11.9. The number of nitrogens with one attached hydrogen (secondary N) is 1. The Kier molecular flexibility index (Phi) is 6.12. The van der Waals surface area contributed by atoms with E-state index in [2.05, 4.69) is 19.2 Å². The van der Waals surface area contributed by atoms with Gasteiger partial charge in [0.2, 0.25) is 0 Å². The first-order chi connectivity index (χ1) is 8.60. The van der Waals surface area contributed by atoms with Crippen molar-refractivity contribution >= 4 is 11.8 Å². The molecular weight excluding hydrogens is 230 g/mol. The summed E-state index contributed by atoms with van der Waals surface area (Å²) < 4.78 is 0. The highest BCUT2D eigenvalue weighted by atomic mass is 16.2. The molecule has 0 bridgehead atoms. The lowest BCUT2D eigenvalue weighted by molar-refractivity contribution is -0.155. The smallest absolute Gasteiger partial charge is 0.312 e. The van der Waals surface area contributed by atoms with Crippen LogP contribution in [-0.4, -0.2) is 60.9 Å². The van der Waals surface area contributed by atoms with Crippen LogP contribution in [0.15, 0.2) is 0 Å². The molecule has 1 heterocycles. The van der Waals surface area contributed by atoms with Gasteiger partial charge in [-0.1, -0.05) is 20.3 Å². The number of carbonyl (C=O) groups is 2. The summed E-state index contributed by atoms with van der Waals surface area (Å²) in [6.07, 6.45) is 3.20. The van der Waals surface area contributed by atoms with Crippen LogP contribution < -0.4 is 5.32 Å². The van der Waals surface area contributed by atoms with Gasteiger partial charge in [0.05, 0.1) is 0 Å². The molecule has 1 aliphatic heterocycles. The Morgan fingerprint density at radius 3 is 2.50 bits per heavy atom. The standard InChI is InChI=1S/C13H25N3O2/c1-4-6-11(14-7-5-2)10-16-9-8-15(3)12(17)13(16)18/h11,14H,4-10H2,1-3H3. The zero-order chi connectivity index (χ0) is 13.5. The van der Waals surface area contributed by atoms with Gasteiger partial charge in [0, 0.05) is 32.7 Å². The Hall–Kier alpha value is -1.10. The molecule has 5 heteroatoms. The summed E-state index contributed by atoms with van der Waals surface area (Å²) in [4.78, 5) is 26.6. The first-order valence-corrected chi connectivity index (χ1v) is 6.87. The molecule has 1 aliphatic rings. The van der Waals surface area contributed by atoms with Gasteiger partial charge in [0.1, 0.15) is 0 Å². The normalized spacial score (nSPS) is 18.4. The Labute approximate surface area is 110 Å². The first-order valence-electron chi connectivity index (χ1n) is 6.87. The first kappa shape index (κ1) is 15.0. The molecule has 1 saturated heterocycles. The molecule has 1 unspecified atom stereocenters. The molecule has 5 nitrogen and oxygen atoms in total. The van der Waals surface area contributed by atoms with E-state index in [1.807, 2.05) is 0 Å². The Bertz CT molecular complexity index is 294. The summed E-state index contributed by atoms with van der Waals surface area (Å²) in [5.74, 6) is -0.741. The van der Waals surface area contributed by atoms with Crippen molar-refractivity contribution in [2.75, 3.05) is 33.2 Å². The van der Waals surface area contributed by atoms with Crippen molar-refractivity contribution in [3.8, 4) is 0 Å². The van der Waals surface area contributed by atoms with Crippen LogP contribution in [0.1, 0.15) is 33.1 Å². The van der Waals surface area contributed by atoms with Crippen LogP contribution >= 0.6 is 0 Å². The highest BCUT2D eigenvalue weighted by Crippen LogP contribution is 2.07. The Morgan fingerprint density at radius 2 is 1.89 bits per heavy atom. The quantitative estimate of drug-likeness (QED) is 0.672. The molecule has 1 rings (SSSR count). The maximum atomic E-state index is 11.9. The molecule has 104 valence electrons. The van der Waals surface area contributed by atoms with E-state index in [4.69, 9.17) is 0 Å². The molecule has 0 aromatic heterocycles.